The summed E-state index contributed by atoms with van der Waals surface area (Å²) in [7, 11) is 0. The van der Waals surface area contributed by atoms with Crippen molar-refractivity contribution in [3.8, 4) is 0 Å². The largest absolute Gasteiger partial charge is 0.295 e. The summed E-state index contributed by atoms with van der Waals surface area (Å²) in [6.07, 6.45) is 3.04. The van der Waals surface area contributed by atoms with Gasteiger partial charge in [0.15, 0.2) is 0 Å². The Balaban J connectivity index is 2.35. The van der Waals surface area contributed by atoms with Gasteiger partial charge in [0.05, 0.1) is 17.9 Å². The summed E-state index contributed by atoms with van der Waals surface area (Å²) < 4.78 is 1.46. The van der Waals surface area contributed by atoms with E-state index in [0.717, 1.165) is 5.56 Å². The van der Waals surface area contributed by atoms with Crippen molar-refractivity contribution in [3.05, 3.63) is 56.4 Å². The molecule has 0 atom stereocenters. The number of nitrogens with zero attached hydrogens (tertiary/aromatic N) is 3. The fourth-order valence-corrected chi connectivity index (χ4v) is 1.80. The maximum Gasteiger partial charge on any atom is 0.253 e. The fraction of sp³-hybridized carbons (Fsp3) is 0.182. The minimum atomic E-state index is -0.122. The van der Waals surface area contributed by atoms with Crippen LogP contribution < -0.4 is 5.56 Å². The van der Waals surface area contributed by atoms with Gasteiger partial charge in [-0.05, 0) is 13.0 Å². The van der Waals surface area contributed by atoms with Crippen molar-refractivity contribution in [1.82, 2.24) is 14.5 Å². The van der Waals surface area contributed by atoms with E-state index in [-0.39, 0.29) is 5.56 Å². The van der Waals surface area contributed by atoms with E-state index in [1.54, 1.807) is 19.2 Å². The van der Waals surface area contributed by atoms with Gasteiger partial charge < -0.3 is 0 Å². The number of hydrogen-bond donors (Lipinski definition) is 0. The first-order valence-electron chi connectivity index (χ1n) is 4.89. The lowest BCUT2D eigenvalue weighted by Crippen LogP contribution is -2.20. The minimum absolute atomic E-state index is 0.122. The van der Waals surface area contributed by atoms with E-state index < -0.39 is 0 Å². The summed E-state index contributed by atoms with van der Waals surface area (Å²) in [6.45, 7) is 2.09. The van der Waals surface area contributed by atoms with Crippen LogP contribution in [-0.4, -0.2) is 14.5 Å². The highest BCUT2D eigenvalue weighted by Crippen LogP contribution is 2.18. The van der Waals surface area contributed by atoms with E-state index in [4.69, 9.17) is 23.2 Å². The van der Waals surface area contributed by atoms with Crippen LogP contribution in [0.3, 0.4) is 0 Å². The van der Waals surface area contributed by atoms with Gasteiger partial charge in [0, 0.05) is 23.5 Å². The summed E-state index contributed by atoms with van der Waals surface area (Å²) >= 11 is 11.7. The van der Waals surface area contributed by atoms with Gasteiger partial charge in [-0.3, -0.25) is 9.36 Å². The van der Waals surface area contributed by atoms with Gasteiger partial charge in [-0.25, -0.2) is 9.97 Å². The van der Waals surface area contributed by atoms with Gasteiger partial charge in [0.25, 0.3) is 5.56 Å². The molecule has 0 amide bonds. The molecule has 0 aliphatic carbocycles. The van der Waals surface area contributed by atoms with Crippen LogP contribution in [0.15, 0.2) is 29.5 Å². The minimum Gasteiger partial charge on any atom is -0.295 e. The highest BCUT2D eigenvalue weighted by Gasteiger charge is 2.04. The number of hydrogen-bond acceptors (Lipinski definition) is 3. The summed E-state index contributed by atoms with van der Waals surface area (Å²) in [5.74, 6) is 0. The van der Waals surface area contributed by atoms with Crippen LogP contribution in [0.2, 0.25) is 10.2 Å². The molecular weight excluding hydrogens is 261 g/mol. The smallest absolute Gasteiger partial charge is 0.253 e. The van der Waals surface area contributed by atoms with E-state index >= 15 is 0 Å². The molecule has 2 heterocycles. The van der Waals surface area contributed by atoms with Gasteiger partial charge in [-0.1, -0.05) is 23.2 Å². The quantitative estimate of drug-likeness (QED) is 0.787. The van der Waals surface area contributed by atoms with Crippen molar-refractivity contribution in [2.24, 2.45) is 0 Å². The first-order valence-corrected chi connectivity index (χ1v) is 5.65. The molecule has 0 bridgehead atoms. The monoisotopic (exact) mass is 269 g/mol. The lowest BCUT2D eigenvalue weighted by molar-refractivity contribution is 0.728. The Kier molecular flexibility index (Phi) is 3.45. The lowest BCUT2D eigenvalue weighted by atomic mass is 10.3. The van der Waals surface area contributed by atoms with Crippen molar-refractivity contribution in [3.63, 3.8) is 0 Å². The van der Waals surface area contributed by atoms with Crippen LogP contribution in [0.5, 0.6) is 0 Å². The van der Waals surface area contributed by atoms with E-state index in [9.17, 15) is 4.79 Å². The third-order valence-electron chi connectivity index (χ3n) is 2.25. The molecule has 0 aliphatic heterocycles. The second-order valence-electron chi connectivity index (χ2n) is 3.59. The molecule has 0 saturated heterocycles. The first kappa shape index (κ1) is 12.1. The Morgan fingerprint density at radius 1 is 1.29 bits per heavy atom. The fourth-order valence-electron chi connectivity index (χ4n) is 1.37. The van der Waals surface area contributed by atoms with Gasteiger partial charge >= 0.3 is 0 Å². The van der Waals surface area contributed by atoms with E-state index in [2.05, 4.69) is 9.97 Å². The molecule has 0 N–H and O–H groups in total. The van der Waals surface area contributed by atoms with Gasteiger partial charge in [-0.2, -0.15) is 0 Å². The highest BCUT2D eigenvalue weighted by molar-refractivity contribution is 6.34. The molecule has 6 heteroatoms. The Labute approximate surface area is 108 Å². The third kappa shape index (κ3) is 2.84. The van der Waals surface area contributed by atoms with E-state index in [1.807, 2.05) is 0 Å². The van der Waals surface area contributed by atoms with E-state index in [0.29, 0.717) is 22.4 Å². The average molecular weight is 270 g/mol. The predicted octanol–water partition coefficient (Wildman–Crippen LogP) is 2.30. The Morgan fingerprint density at radius 2 is 2.06 bits per heavy atom. The standard InChI is InChI=1S/C11H9Cl2N3O/c1-7-2-11(17)16(6-15-7)5-8-4-14-10(13)3-9(8)12/h2-4,6H,5H2,1H3. The molecule has 88 valence electrons. The predicted molar refractivity (Wildman–Crippen MR) is 66.6 cm³/mol. The van der Waals surface area contributed by atoms with Crippen molar-refractivity contribution >= 4 is 23.2 Å². The van der Waals surface area contributed by atoms with Crippen LogP contribution in [0.25, 0.3) is 0 Å². The maximum absolute atomic E-state index is 11.7. The summed E-state index contributed by atoms with van der Waals surface area (Å²) in [4.78, 5) is 19.6. The summed E-state index contributed by atoms with van der Waals surface area (Å²) in [5.41, 5.74) is 1.29. The van der Waals surface area contributed by atoms with Crippen LogP contribution in [-0.2, 0) is 6.54 Å². The average Bonchev–Trinajstić information content (AvgIpc) is 2.25. The zero-order valence-corrected chi connectivity index (χ0v) is 10.5. The molecule has 2 aromatic heterocycles. The normalized spacial score (nSPS) is 10.5. The van der Waals surface area contributed by atoms with Gasteiger partial charge in [0.1, 0.15) is 5.15 Å². The molecule has 2 rings (SSSR count). The SMILES string of the molecule is Cc1cc(=O)n(Cc2cnc(Cl)cc2Cl)cn1. The second kappa shape index (κ2) is 4.85. The van der Waals surface area contributed by atoms with Crippen molar-refractivity contribution in [2.45, 2.75) is 13.5 Å². The molecule has 4 nitrogen and oxygen atoms in total. The Hall–Kier alpha value is -1.39. The molecule has 0 aliphatic rings. The first-order chi connectivity index (χ1) is 8.06. The molecule has 17 heavy (non-hydrogen) atoms. The molecule has 0 spiro atoms. The molecule has 0 aromatic carbocycles. The van der Waals surface area contributed by atoms with Crippen molar-refractivity contribution in [2.75, 3.05) is 0 Å². The van der Waals surface area contributed by atoms with Crippen LogP contribution in [0.4, 0.5) is 0 Å². The molecule has 0 radical (unpaired) electrons. The molecular formula is C11H9Cl2N3O. The zero-order valence-electron chi connectivity index (χ0n) is 9.02. The lowest BCUT2D eigenvalue weighted by Gasteiger charge is -2.06. The Bertz CT molecular complexity index is 610. The molecule has 2 aromatic rings. The molecule has 0 saturated carbocycles. The Morgan fingerprint density at radius 3 is 2.71 bits per heavy atom. The molecule has 0 fully saturated rings. The number of halogens is 2. The van der Waals surface area contributed by atoms with Crippen LogP contribution in [0, 0.1) is 6.92 Å². The second-order valence-corrected chi connectivity index (χ2v) is 4.39. The van der Waals surface area contributed by atoms with Crippen LogP contribution >= 0.6 is 23.2 Å². The van der Waals surface area contributed by atoms with Crippen LogP contribution in [0.1, 0.15) is 11.3 Å². The highest BCUT2D eigenvalue weighted by atomic mass is 35.5. The van der Waals surface area contributed by atoms with Crippen molar-refractivity contribution in [1.29, 1.82) is 0 Å². The molecule has 0 unspecified atom stereocenters. The number of rotatable bonds is 2. The third-order valence-corrected chi connectivity index (χ3v) is 2.81. The number of aryl methyl sites for hydroxylation is 1. The maximum atomic E-state index is 11.7. The van der Waals surface area contributed by atoms with Gasteiger partial charge in [-0.15, -0.1) is 0 Å². The van der Waals surface area contributed by atoms with Gasteiger partial charge in [0.2, 0.25) is 0 Å². The summed E-state index contributed by atoms with van der Waals surface area (Å²) in [5, 5.41) is 0.811. The number of aromatic nitrogens is 3. The number of pyridine rings is 1. The zero-order chi connectivity index (χ0) is 12.4. The van der Waals surface area contributed by atoms with Crippen molar-refractivity contribution < 1.29 is 0 Å². The summed E-state index contributed by atoms with van der Waals surface area (Å²) in [6, 6.07) is 3.02. The topological polar surface area (TPSA) is 47.8 Å². The van der Waals surface area contributed by atoms with E-state index in [1.165, 1.54) is 17.0 Å².